The lowest BCUT2D eigenvalue weighted by Crippen LogP contribution is -2.10. The van der Waals surface area contributed by atoms with Gasteiger partial charge in [0.1, 0.15) is 22.9 Å². The highest BCUT2D eigenvalue weighted by Gasteiger charge is 2.19. The van der Waals surface area contributed by atoms with E-state index in [1.54, 1.807) is 27.8 Å². The monoisotopic (exact) mass is 508 g/mol. The predicted molar refractivity (Wildman–Crippen MR) is 148 cm³/mol. The lowest BCUT2D eigenvalue weighted by atomic mass is 9.87. The van der Waals surface area contributed by atoms with Crippen LogP contribution in [0.4, 0.5) is 0 Å². The van der Waals surface area contributed by atoms with E-state index < -0.39 is 0 Å². The second-order valence-corrected chi connectivity index (χ2v) is 11.6. The van der Waals surface area contributed by atoms with Crippen LogP contribution in [0.2, 0.25) is 0 Å². The molecule has 8 nitrogen and oxygen atoms in total. The summed E-state index contributed by atoms with van der Waals surface area (Å²) in [5, 5.41) is 38.3. The molecule has 0 spiro atoms. The normalized spacial score (nSPS) is 12.2. The fourth-order valence-electron chi connectivity index (χ4n) is 4.24. The van der Waals surface area contributed by atoms with Crippen LogP contribution < -0.4 is 0 Å². The third-order valence-corrected chi connectivity index (χ3v) is 6.65. The first kappa shape index (κ1) is 25.2. The SMILES string of the molecule is CC(C)(C)c1ccc(-n2cc(-c3cc(-c4cn(-c5ccc(C(C)(C)C)cc5)nn4)c(O)cc3O)nn2)cc1. The molecule has 0 saturated heterocycles. The molecular formula is C30H32N6O2. The summed E-state index contributed by atoms with van der Waals surface area (Å²) in [5.41, 5.74) is 6.06. The van der Waals surface area contributed by atoms with Gasteiger partial charge in [-0.05, 0) is 52.3 Å². The minimum atomic E-state index is -0.105. The molecule has 0 aliphatic carbocycles. The van der Waals surface area contributed by atoms with Crippen molar-refractivity contribution in [2.24, 2.45) is 0 Å². The highest BCUT2D eigenvalue weighted by atomic mass is 16.3. The van der Waals surface area contributed by atoms with Crippen molar-refractivity contribution in [2.45, 2.75) is 52.4 Å². The van der Waals surface area contributed by atoms with E-state index in [2.05, 4.69) is 86.4 Å². The van der Waals surface area contributed by atoms with E-state index in [1.807, 2.05) is 24.3 Å². The van der Waals surface area contributed by atoms with Crippen molar-refractivity contribution in [1.29, 1.82) is 0 Å². The Kier molecular flexibility index (Phi) is 6.06. The summed E-state index contributed by atoms with van der Waals surface area (Å²) in [6.45, 7) is 13.0. The zero-order chi connectivity index (χ0) is 27.2. The molecule has 8 heteroatoms. The first-order valence-electron chi connectivity index (χ1n) is 12.5. The summed E-state index contributed by atoms with van der Waals surface area (Å²) in [5.74, 6) is -0.210. The van der Waals surface area contributed by atoms with E-state index in [0.717, 1.165) is 11.4 Å². The van der Waals surface area contributed by atoms with Gasteiger partial charge in [0.2, 0.25) is 0 Å². The number of benzene rings is 3. The Bertz CT molecular complexity index is 1470. The molecule has 0 unspecified atom stereocenters. The molecule has 0 aliphatic rings. The van der Waals surface area contributed by atoms with Gasteiger partial charge in [0, 0.05) is 17.2 Å². The van der Waals surface area contributed by atoms with E-state index in [0.29, 0.717) is 22.5 Å². The van der Waals surface area contributed by atoms with E-state index in [9.17, 15) is 10.2 Å². The summed E-state index contributed by atoms with van der Waals surface area (Å²) in [7, 11) is 0. The van der Waals surface area contributed by atoms with Crippen LogP contribution in [0.1, 0.15) is 52.7 Å². The van der Waals surface area contributed by atoms with Crippen LogP contribution in [0.5, 0.6) is 11.5 Å². The molecule has 0 amide bonds. The van der Waals surface area contributed by atoms with Gasteiger partial charge in [0.15, 0.2) is 0 Å². The number of hydrogen-bond donors (Lipinski definition) is 2. The fourth-order valence-corrected chi connectivity index (χ4v) is 4.24. The van der Waals surface area contributed by atoms with Crippen LogP contribution in [-0.4, -0.2) is 40.2 Å². The Labute approximate surface area is 222 Å². The molecule has 5 rings (SSSR count). The molecule has 2 heterocycles. The molecule has 0 saturated carbocycles. The average molecular weight is 509 g/mol. The van der Waals surface area contributed by atoms with Gasteiger partial charge >= 0.3 is 0 Å². The molecule has 0 atom stereocenters. The van der Waals surface area contributed by atoms with Gasteiger partial charge in [-0.15, -0.1) is 10.2 Å². The van der Waals surface area contributed by atoms with Crippen LogP contribution in [0, 0.1) is 0 Å². The van der Waals surface area contributed by atoms with Gasteiger partial charge in [-0.3, -0.25) is 0 Å². The lowest BCUT2D eigenvalue weighted by molar-refractivity contribution is 0.453. The van der Waals surface area contributed by atoms with Gasteiger partial charge in [0.25, 0.3) is 0 Å². The maximum atomic E-state index is 10.6. The Morgan fingerprint density at radius 1 is 0.553 bits per heavy atom. The zero-order valence-corrected chi connectivity index (χ0v) is 22.5. The Morgan fingerprint density at radius 3 is 1.26 bits per heavy atom. The molecule has 0 fully saturated rings. The van der Waals surface area contributed by atoms with Crippen LogP contribution in [0.3, 0.4) is 0 Å². The van der Waals surface area contributed by atoms with Gasteiger partial charge in [-0.2, -0.15) is 0 Å². The number of nitrogens with zero attached hydrogens (tertiary/aromatic N) is 6. The van der Waals surface area contributed by atoms with Crippen molar-refractivity contribution in [3.8, 4) is 45.4 Å². The van der Waals surface area contributed by atoms with E-state index in [1.165, 1.54) is 17.2 Å². The van der Waals surface area contributed by atoms with Crippen LogP contribution in [-0.2, 0) is 10.8 Å². The smallest absolute Gasteiger partial charge is 0.128 e. The molecule has 0 radical (unpaired) electrons. The number of phenols is 2. The predicted octanol–water partition coefficient (Wildman–Crippen LogP) is 6.19. The molecule has 5 aromatic rings. The number of rotatable bonds is 4. The summed E-state index contributed by atoms with van der Waals surface area (Å²) in [4.78, 5) is 0. The molecule has 3 aromatic carbocycles. The van der Waals surface area contributed by atoms with Crippen LogP contribution in [0.25, 0.3) is 33.9 Å². The Hall–Kier alpha value is -4.46. The van der Waals surface area contributed by atoms with Crippen LogP contribution >= 0.6 is 0 Å². The maximum Gasteiger partial charge on any atom is 0.128 e. The van der Waals surface area contributed by atoms with Crippen molar-refractivity contribution in [3.63, 3.8) is 0 Å². The fraction of sp³-hybridized carbons (Fsp3) is 0.267. The molecule has 0 aliphatic heterocycles. The summed E-state index contributed by atoms with van der Waals surface area (Å²) >= 11 is 0. The Morgan fingerprint density at radius 2 is 0.921 bits per heavy atom. The highest BCUT2D eigenvalue weighted by molar-refractivity contribution is 5.78. The van der Waals surface area contributed by atoms with Gasteiger partial charge in [0.05, 0.1) is 23.8 Å². The van der Waals surface area contributed by atoms with E-state index in [4.69, 9.17) is 0 Å². The first-order valence-corrected chi connectivity index (χ1v) is 12.5. The Balaban J connectivity index is 1.45. The standard InChI is InChI=1S/C30H32N6O2/c1-29(2,3)19-7-11-21(12-8-19)35-17-25(31-33-35)23-15-24(28(38)16-27(23)37)26-18-36(34-32-26)22-13-9-20(10-14-22)30(4,5)6/h7-18,37-38H,1-6H3. The molecule has 2 N–H and O–H groups in total. The van der Waals surface area contributed by atoms with Crippen molar-refractivity contribution in [3.05, 3.63) is 84.2 Å². The summed E-state index contributed by atoms with van der Waals surface area (Å²) in [6, 6.07) is 19.2. The quantitative estimate of drug-likeness (QED) is 0.300. The van der Waals surface area contributed by atoms with E-state index >= 15 is 0 Å². The van der Waals surface area contributed by atoms with Crippen molar-refractivity contribution >= 4 is 0 Å². The third-order valence-electron chi connectivity index (χ3n) is 6.65. The van der Waals surface area contributed by atoms with Gasteiger partial charge in [-0.1, -0.05) is 76.2 Å². The largest absolute Gasteiger partial charge is 0.507 e. The van der Waals surface area contributed by atoms with Crippen molar-refractivity contribution in [2.75, 3.05) is 0 Å². The zero-order valence-electron chi connectivity index (χ0n) is 22.5. The summed E-state index contributed by atoms with van der Waals surface area (Å²) < 4.78 is 3.32. The molecule has 2 aromatic heterocycles. The van der Waals surface area contributed by atoms with E-state index in [-0.39, 0.29) is 22.3 Å². The first-order chi connectivity index (χ1) is 17.9. The maximum absolute atomic E-state index is 10.6. The van der Waals surface area contributed by atoms with Crippen molar-refractivity contribution in [1.82, 2.24) is 30.0 Å². The second kappa shape index (κ2) is 9.13. The third kappa shape index (κ3) is 4.89. The minimum Gasteiger partial charge on any atom is -0.507 e. The number of hydrogen-bond acceptors (Lipinski definition) is 6. The molecule has 194 valence electrons. The number of phenolic OH excluding ortho intramolecular Hbond substituents is 2. The highest BCUT2D eigenvalue weighted by Crippen LogP contribution is 2.38. The minimum absolute atomic E-state index is 0.0536. The van der Waals surface area contributed by atoms with Crippen LogP contribution in [0.15, 0.2) is 73.1 Å². The molecule has 38 heavy (non-hydrogen) atoms. The lowest BCUT2D eigenvalue weighted by Gasteiger charge is -2.19. The molecular weight excluding hydrogens is 476 g/mol. The number of aromatic hydroxyl groups is 2. The second-order valence-electron chi connectivity index (χ2n) is 11.6. The van der Waals surface area contributed by atoms with Gasteiger partial charge < -0.3 is 10.2 Å². The van der Waals surface area contributed by atoms with Crippen molar-refractivity contribution < 1.29 is 10.2 Å². The average Bonchev–Trinajstić information content (AvgIpc) is 3.54. The molecule has 0 bridgehead atoms. The number of aromatic nitrogens is 6. The topological polar surface area (TPSA) is 102 Å². The summed E-state index contributed by atoms with van der Waals surface area (Å²) in [6.07, 6.45) is 3.49. The van der Waals surface area contributed by atoms with Gasteiger partial charge in [-0.25, -0.2) is 9.36 Å².